The van der Waals surface area contributed by atoms with Gasteiger partial charge in [-0.3, -0.25) is 0 Å². The molecule has 0 unspecified atom stereocenters. The van der Waals surface area contributed by atoms with Crippen LogP contribution in [0.2, 0.25) is 0 Å². The van der Waals surface area contributed by atoms with Crippen molar-refractivity contribution in [2.45, 2.75) is 19.3 Å². The lowest BCUT2D eigenvalue weighted by atomic mass is 10.2. The maximum Gasteiger partial charge on any atom is 0.146 e. The number of aromatic nitrogens is 1. The SMILES string of the molecule is COCCCCCNc1cccnc1N. The van der Waals surface area contributed by atoms with Crippen LogP contribution in [-0.2, 0) is 4.74 Å². The van der Waals surface area contributed by atoms with E-state index in [-0.39, 0.29) is 0 Å². The predicted molar refractivity (Wildman–Crippen MR) is 62.9 cm³/mol. The average molecular weight is 209 g/mol. The van der Waals surface area contributed by atoms with Crippen LogP contribution in [0.4, 0.5) is 11.5 Å². The Hall–Kier alpha value is -1.29. The summed E-state index contributed by atoms with van der Waals surface area (Å²) in [5, 5.41) is 3.26. The molecule has 4 nitrogen and oxygen atoms in total. The Morgan fingerprint density at radius 1 is 1.40 bits per heavy atom. The number of methoxy groups -OCH3 is 1. The number of anilines is 2. The lowest BCUT2D eigenvalue weighted by Gasteiger charge is -2.07. The smallest absolute Gasteiger partial charge is 0.146 e. The van der Waals surface area contributed by atoms with Gasteiger partial charge in [0.05, 0.1) is 5.69 Å². The molecule has 1 aromatic rings. The highest BCUT2D eigenvalue weighted by molar-refractivity contribution is 5.60. The Morgan fingerprint density at radius 2 is 2.27 bits per heavy atom. The number of hydrogen-bond acceptors (Lipinski definition) is 4. The molecule has 0 amide bonds. The van der Waals surface area contributed by atoms with Gasteiger partial charge in [-0.1, -0.05) is 0 Å². The van der Waals surface area contributed by atoms with E-state index in [1.54, 1.807) is 13.3 Å². The molecule has 4 heteroatoms. The fourth-order valence-electron chi connectivity index (χ4n) is 1.34. The minimum absolute atomic E-state index is 0.564. The highest BCUT2D eigenvalue weighted by Crippen LogP contribution is 2.13. The van der Waals surface area contributed by atoms with Crippen molar-refractivity contribution in [1.82, 2.24) is 4.98 Å². The maximum absolute atomic E-state index is 5.69. The molecule has 0 fully saturated rings. The van der Waals surface area contributed by atoms with Crippen molar-refractivity contribution >= 4 is 11.5 Å². The summed E-state index contributed by atoms with van der Waals surface area (Å²) < 4.78 is 4.98. The van der Waals surface area contributed by atoms with Crippen LogP contribution in [-0.4, -0.2) is 25.2 Å². The van der Waals surface area contributed by atoms with Crippen molar-refractivity contribution in [1.29, 1.82) is 0 Å². The zero-order valence-corrected chi connectivity index (χ0v) is 9.20. The summed E-state index contributed by atoms with van der Waals surface area (Å²) in [4.78, 5) is 4.00. The summed E-state index contributed by atoms with van der Waals surface area (Å²) >= 11 is 0. The quantitative estimate of drug-likeness (QED) is 0.673. The van der Waals surface area contributed by atoms with Gasteiger partial charge in [0.15, 0.2) is 0 Å². The van der Waals surface area contributed by atoms with E-state index in [9.17, 15) is 0 Å². The molecule has 1 rings (SSSR count). The summed E-state index contributed by atoms with van der Waals surface area (Å²) in [6, 6.07) is 3.82. The van der Waals surface area contributed by atoms with Crippen LogP contribution in [0.5, 0.6) is 0 Å². The molecular weight excluding hydrogens is 190 g/mol. The molecule has 0 radical (unpaired) electrons. The van der Waals surface area contributed by atoms with Crippen LogP contribution < -0.4 is 11.1 Å². The van der Waals surface area contributed by atoms with E-state index in [0.29, 0.717) is 5.82 Å². The standard InChI is InChI=1S/C11H19N3O/c1-15-9-4-2-3-7-13-10-6-5-8-14-11(10)12/h5-6,8,13H,2-4,7,9H2,1H3,(H2,12,14). The minimum atomic E-state index is 0.564. The van der Waals surface area contributed by atoms with Crippen molar-refractivity contribution < 1.29 is 4.74 Å². The number of rotatable bonds is 7. The molecule has 0 aliphatic rings. The van der Waals surface area contributed by atoms with Gasteiger partial charge in [0, 0.05) is 26.5 Å². The largest absolute Gasteiger partial charge is 0.385 e. The molecule has 1 aromatic heterocycles. The molecule has 84 valence electrons. The molecule has 3 N–H and O–H groups in total. The zero-order chi connectivity index (χ0) is 10.9. The van der Waals surface area contributed by atoms with Gasteiger partial charge < -0.3 is 15.8 Å². The minimum Gasteiger partial charge on any atom is -0.385 e. The van der Waals surface area contributed by atoms with E-state index in [2.05, 4.69) is 10.3 Å². The van der Waals surface area contributed by atoms with Gasteiger partial charge in [0.2, 0.25) is 0 Å². The van der Waals surface area contributed by atoms with Gasteiger partial charge in [-0.2, -0.15) is 0 Å². The normalized spacial score (nSPS) is 10.2. The lowest BCUT2D eigenvalue weighted by Crippen LogP contribution is -2.05. The Kier molecular flexibility index (Phi) is 5.55. The Morgan fingerprint density at radius 3 is 3.00 bits per heavy atom. The van der Waals surface area contributed by atoms with Gasteiger partial charge in [0.1, 0.15) is 5.82 Å². The first-order valence-electron chi connectivity index (χ1n) is 5.28. The second-order valence-electron chi connectivity index (χ2n) is 3.42. The molecule has 0 saturated carbocycles. The monoisotopic (exact) mass is 209 g/mol. The highest BCUT2D eigenvalue weighted by Gasteiger charge is 1.96. The van der Waals surface area contributed by atoms with E-state index in [1.165, 1.54) is 6.42 Å². The van der Waals surface area contributed by atoms with Crippen LogP contribution >= 0.6 is 0 Å². The second-order valence-corrected chi connectivity index (χ2v) is 3.42. The topological polar surface area (TPSA) is 60.2 Å². The van der Waals surface area contributed by atoms with Crippen molar-refractivity contribution in [2.24, 2.45) is 0 Å². The Balaban J connectivity index is 2.12. The molecule has 0 spiro atoms. The van der Waals surface area contributed by atoms with Crippen molar-refractivity contribution in [3.63, 3.8) is 0 Å². The molecular formula is C11H19N3O. The predicted octanol–water partition coefficient (Wildman–Crippen LogP) is 1.89. The third kappa shape index (κ3) is 4.65. The number of nitrogens with two attached hydrogens (primary N) is 1. The zero-order valence-electron chi connectivity index (χ0n) is 9.20. The van der Waals surface area contributed by atoms with Gasteiger partial charge >= 0.3 is 0 Å². The van der Waals surface area contributed by atoms with Crippen LogP contribution in [0.15, 0.2) is 18.3 Å². The summed E-state index contributed by atoms with van der Waals surface area (Å²) in [7, 11) is 1.73. The summed E-state index contributed by atoms with van der Waals surface area (Å²) in [6.07, 6.45) is 5.10. The molecule has 0 atom stereocenters. The summed E-state index contributed by atoms with van der Waals surface area (Å²) in [5.41, 5.74) is 6.61. The number of nitrogen functional groups attached to an aromatic ring is 1. The average Bonchev–Trinajstić information content (AvgIpc) is 2.25. The number of hydrogen-bond donors (Lipinski definition) is 2. The van der Waals surface area contributed by atoms with E-state index in [4.69, 9.17) is 10.5 Å². The first-order chi connectivity index (χ1) is 7.34. The van der Waals surface area contributed by atoms with Gasteiger partial charge in [0.25, 0.3) is 0 Å². The molecule has 0 saturated heterocycles. The van der Waals surface area contributed by atoms with Gasteiger partial charge in [-0.25, -0.2) is 4.98 Å². The van der Waals surface area contributed by atoms with E-state index < -0.39 is 0 Å². The summed E-state index contributed by atoms with van der Waals surface area (Å²) in [6.45, 7) is 1.77. The van der Waals surface area contributed by atoms with E-state index in [0.717, 1.165) is 31.7 Å². The molecule has 0 aliphatic heterocycles. The number of nitrogens with zero attached hydrogens (tertiary/aromatic N) is 1. The first-order valence-corrected chi connectivity index (χ1v) is 5.28. The number of nitrogens with one attached hydrogen (secondary N) is 1. The lowest BCUT2D eigenvalue weighted by molar-refractivity contribution is 0.192. The highest BCUT2D eigenvalue weighted by atomic mass is 16.5. The number of ether oxygens (including phenoxy) is 1. The fraction of sp³-hybridized carbons (Fsp3) is 0.545. The van der Waals surface area contributed by atoms with Crippen LogP contribution in [0.3, 0.4) is 0 Å². The Labute approximate surface area is 90.8 Å². The Bertz CT molecular complexity index is 278. The number of unbranched alkanes of at least 4 members (excludes halogenated alkanes) is 2. The van der Waals surface area contributed by atoms with E-state index >= 15 is 0 Å². The van der Waals surface area contributed by atoms with Crippen LogP contribution in [0, 0.1) is 0 Å². The molecule has 0 aliphatic carbocycles. The second kappa shape index (κ2) is 7.06. The van der Waals surface area contributed by atoms with Crippen LogP contribution in [0.25, 0.3) is 0 Å². The molecule has 1 heterocycles. The maximum atomic E-state index is 5.69. The van der Waals surface area contributed by atoms with E-state index in [1.807, 2.05) is 12.1 Å². The third-order valence-electron chi connectivity index (χ3n) is 2.18. The molecule has 0 bridgehead atoms. The van der Waals surface area contributed by atoms with Crippen molar-refractivity contribution in [3.8, 4) is 0 Å². The summed E-state index contributed by atoms with van der Waals surface area (Å²) in [5.74, 6) is 0.564. The van der Waals surface area contributed by atoms with Gasteiger partial charge in [-0.15, -0.1) is 0 Å². The van der Waals surface area contributed by atoms with Crippen LogP contribution in [0.1, 0.15) is 19.3 Å². The third-order valence-corrected chi connectivity index (χ3v) is 2.18. The number of pyridine rings is 1. The molecule has 15 heavy (non-hydrogen) atoms. The van der Waals surface area contributed by atoms with Crippen molar-refractivity contribution in [2.75, 3.05) is 31.3 Å². The van der Waals surface area contributed by atoms with Crippen molar-refractivity contribution in [3.05, 3.63) is 18.3 Å². The van der Waals surface area contributed by atoms with Gasteiger partial charge in [-0.05, 0) is 31.4 Å². The fourth-order valence-corrected chi connectivity index (χ4v) is 1.34. The molecule has 0 aromatic carbocycles. The first kappa shape index (κ1) is 11.8.